The molecule has 4 rings (SSSR count). The van der Waals surface area contributed by atoms with Crippen molar-refractivity contribution in [1.29, 1.82) is 0 Å². The van der Waals surface area contributed by atoms with E-state index < -0.39 is 5.91 Å². The summed E-state index contributed by atoms with van der Waals surface area (Å²) in [5.41, 5.74) is 10.1. The molecule has 0 saturated carbocycles. The number of carbonyl (C=O) groups excluding carboxylic acids is 1. The Morgan fingerprint density at radius 2 is 1.96 bits per heavy atom. The molecule has 1 aliphatic carbocycles. The Bertz CT molecular complexity index is 900. The zero-order valence-electron chi connectivity index (χ0n) is 12.7. The Kier molecular flexibility index (Phi) is 3.58. The van der Waals surface area contributed by atoms with Crippen molar-refractivity contribution in [3.8, 4) is 11.1 Å². The minimum absolute atomic E-state index is 0.391. The average molecular weight is 323 g/mol. The van der Waals surface area contributed by atoms with Crippen LogP contribution < -0.4 is 5.73 Å². The van der Waals surface area contributed by atoms with Gasteiger partial charge < -0.3 is 5.73 Å². The third-order valence-electron chi connectivity index (χ3n) is 4.42. The van der Waals surface area contributed by atoms with Gasteiger partial charge in [0.1, 0.15) is 0 Å². The molecule has 0 radical (unpaired) electrons. The van der Waals surface area contributed by atoms with Crippen molar-refractivity contribution < 1.29 is 4.79 Å². The van der Waals surface area contributed by atoms with Gasteiger partial charge >= 0.3 is 0 Å². The molecule has 2 N–H and O–H groups in total. The second-order valence-corrected chi connectivity index (χ2v) is 7.05. The quantitative estimate of drug-likeness (QED) is 0.731. The van der Waals surface area contributed by atoms with E-state index in [1.165, 1.54) is 41.9 Å². The summed E-state index contributed by atoms with van der Waals surface area (Å²) in [4.78, 5) is 21.0. The molecule has 1 aliphatic rings. The molecule has 0 bridgehead atoms. The van der Waals surface area contributed by atoms with E-state index >= 15 is 0 Å². The number of aryl methyl sites for hydroxylation is 2. The van der Waals surface area contributed by atoms with Gasteiger partial charge in [-0.3, -0.25) is 14.8 Å². The lowest BCUT2D eigenvalue weighted by Crippen LogP contribution is -2.08. The lowest BCUT2D eigenvalue weighted by atomic mass is 10.0. The maximum absolute atomic E-state index is 11.4. The van der Waals surface area contributed by atoms with Gasteiger partial charge in [-0.05, 0) is 43.4 Å². The summed E-state index contributed by atoms with van der Waals surface area (Å²) in [7, 11) is 0. The fourth-order valence-electron chi connectivity index (χ4n) is 3.22. The van der Waals surface area contributed by atoms with Gasteiger partial charge in [0.15, 0.2) is 0 Å². The number of rotatable bonds is 2. The number of fused-ring (bicyclic) bond motifs is 2. The van der Waals surface area contributed by atoms with Gasteiger partial charge in [0.2, 0.25) is 0 Å². The van der Waals surface area contributed by atoms with Crippen LogP contribution in [0.1, 0.15) is 40.2 Å². The van der Waals surface area contributed by atoms with Crippen molar-refractivity contribution in [2.24, 2.45) is 5.73 Å². The van der Waals surface area contributed by atoms with Crippen molar-refractivity contribution in [2.45, 2.75) is 32.1 Å². The SMILES string of the molecule is NC(=O)c1cc2c(-c3cnc4c(c3)CCCCC4)cncc2s1. The molecular weight excluding hydrogens is 306 g/mol. The predicted molar refractivity (Wildman–Crippen MR) is 92.6 cm³/mol. The van der Waals surface area contributed by atoms with Crippen molar-refractivity contribution in [3.63, 3.8) is 0 Å². The highest BCUT2D eigenvalue weighted by molar-refractivity contribution is 7.20. The van der Waals surface area contributed by atoms with Crippen molar-refractivity contribution in [3.05, 3.63) is 46.9 Å². The van der Waals surface area contributed by atoms with Crippen LogP contribution >= 0.6 is 11.3 Å². The average Bonchev–Trinajstić information content (AvgIpc) is 2.86. The molecule has 23 heavy (non-hydrogen) atoms. The van der Waals surface area contributed by atoms with Crippen LogP contribution in [0.3, 0.4) is 0 Å². The molecule has 0 saturated heterocycles. The van der Waals surface area contributed by atoms with Crippen LogP contribution in [-0.4, -0.2) is 15.9 Å². The monoisotopic (exact) mass is 323 g/mol. The van der Waals surface area contributed by atoms with E-state index in [1.807, 2.05) is 18.5 Å². The number of pyridine rings is 2. The van der Waals surface area contributed by atoms with Crippen LogP contribution in [0.2, 0.25) is 0 Å². The normalized spacial score (nSPS) is 14.4. The number of aromatic nitrogens is 2. The molecule has 3 aromatic rings. The number of hydrogen-bond donors (Lipinski definition) is 1. The first kappa shape index (κ1) is 14.3. The van der Waals surface area contributed by atoms with Gasteiger partial charge in [-0.1, -0.05) is 6.42 Å². The Balaban J connectivity index is 1.85. The smallest absolute Gasteiger partial charge is 0.258 e. The summed E-state index contributed by atoms with van der Waals surface area (Å²) >= 11 is 1.39. The van der Waals surface area contributed by atoms with Crippen LogP contribution in [-0.2, 0) is 12.8 Å². The fourth-order valence-corrected chi connectivity index (χ4v) is 4.13. The molecule has 0 aromatic carbocycles. The van der Waals surface area contributed by atoms with Crippen LogP contribution in [0.4, 0.5) is 0 Å². The minimum Gasteiger partial charge on any atom is -0.365 e. The zero-order valence-corrected chi connectivity index (χ0v) is 13.5. The Hall–Kier alpha value is -2.27. The largest absolute Gasteiger partial charge is 0.365 e. The van der Waals surface area contributed by atoms with E-state index in [2.05, 4.69) is 16.0 Å². The van der Waals surface area contributed by atoms with Gasteiger partial charge in [-0.25, -0.2) is 0 Å². The standard InChI is InChI=1S/C18H17N3OS/c19-18(22)16-7-13-14(9-20-10-17(13)23-16)12-6-11-4-2-1-3-5-15(11)21-8-12/h6-10H,1-5H2,(H2,19,22). The molecule has 0 fully saturated rings. The first-order chi connectivity index (χ1) is 11.2. The number of nitrogens with two attached hydrogens (primary N) is 1. The van der Waals surface area contributed by atoms with Crippen LogP contribution in [0.15, 0.2) is 30.7 Å². The molecule has 1 amide bonds. The van der Waals surface area contributed by atoms with E-state index in [0.717, 1.165) is 34.1 Å². The number of amides is 1. The second-order valence-electron chi connectivity index (χ2n) is 5.96. The Labute approximate surface area is 138 Å². The van der Waals surface area contributed by atoms with Crippen LogP contribution in [0.25, 0.3) is 21.2 Å². The summed E-state index contributed by atoms with van der Waals surface area (Å²) in [5.74, 6) is -0.391. The third kappa shape index (κ3) is 2.61. The molecule has 0 unspecified atom stereocenters. The van der Waals surface area contributed by atoms with Gasteiger partial charge in [0, 0.05) is 40.8 Å². The maximum Gasteiger partial charge on any atom is 0.258 e. The molecule has 0 spiro atoms. The Morgan fingerprint density at radius 3 is 2.83 bits per heavy atom. The number of carbonyl (C=O) groups is 1. The van der Waals surface area contributed by atoms with Gasteiger partial charge in [0.05, 0.1) is 9.58 Å². The van der Waals surface area contributed by atoms with Gasteiger partial charge in [-0.2, -0.15) is 0 Å². The van der Waals surface area contributed by atoms with E-state index in [9.17, 15) is 4.79 Å². The molecule has 3 heterocycles. The molecule has 5 heteroatoms. The van der Waals surface area contributed by atoms with E-state index in [0.29, 0.717) is 4.88 Å². The highest BCUT2D eigenvalue weighted by atomic mass is 32.1. The molecular formula is C18H17N3OS. The summed E-state index contributed by atoms with van der Waals surface area (Å²) in [6, 6.07) is 4.11. The van der Waals surface area contributed by atoms with E-state index in [4.69, 9.17) is 5.73 Å². The highest BCUT2D eigenvalue weighted by Gasteiger charge is 2.14. The zero-order chi connectivity index (χ0) is 15.8. The van der Waals surface area contributed by atoms with Gasteiger partial charge in [0.25, 0.3) is 5.91 Å². The first-order valence-corrected chi connectivity index (χ1v) is 8.69. The summed E-state index contributed by atoms with van der Waals surface area (Å²) < 4.78 is 0.978. The Morgan fingerprint density at radius 1 is 1.09 bits per heavy atom. The van der Waals surface area contributed by atoms with E-state index in [-0.39, 0.29) is 0 Å². The summed E-state index contributed by atoms with van der Waals surface area (Å²) in [6.45, 7) is 0. The molecule has 0 atom stereocenters. The lowest BCUT2D eigenvalue weighted by molar-refractivity contribution is 0.100. The van der Waals surface area contributed by atoms with E-state index in [1.54, 1.807) is 6.20 Å². The van der Waals surface area contributed by atoms with Gasteiger partial charge in [-0.15, -0.1) is 11.3 Å². The highest BCUT2D eigenvalue weighted by Crippen LogP contribution is 2.34. The molecule has 0 aliphatic heterocycles. The number of hydrogen-bond acceptors (Lipinski definition) is 4. The van der Waals surface area contributed by atoms with Crippen LogP contribution in [0.5, 0.6) is 0 Å². The minimum atomic E-state index is -0.391. The van der Waals surface area contributed by atoms with Crippen molar-refractivity contribution >= 4 is 27.3 Å². The molecule has 116 valence electrons. The topological polar surface area (TPSA) is 68.9 Å². The molecule has 4 nitrogen and oxygen atoms in total. The van der Waals surface area contributed by atoms with Crippen molar-refractivity contribution in [1.82, 2.24) is 9.97 Å². The maximum atomic E-state index is 11.4. The fraction of sp³-hybridized carbons (Fsp3) is 0.278. The number of thiophene rings is 1. The van der Waals surface area contributed by atoms with Crippen LogP contribution in [0, 0.1) is 0 Å². The first-order valence-electron chi connectivity index (χ1n) is 7.88. The number of primary amides is 1. The summed E-state index contributed by atoms with van der Waals surface area (Å²) in [5, 5.41) is 1.02. The predicted octanol–water partition coefficient (Wildman–Crippen LogP) is 3.73. The summed E-state index contributed by atoms with van der Waals surface area (Å²) in [6.07, 6.45) is 11.5. The number of nitrogens with zero attached hydrogens (tertiary/aromatic N) is 2. The molecule has 3 aromatic heterocycles. The third-order valence-corrected chi connectivity index (χ3v) is 5.50. The second kappa shape index (κ2) is 5.74. The lowest BCUT2D eigenvalue weighted by Gasteiger charge is -2.08. The van der Waals surface area contributed by atoms with Crippen molar-refractivity contribution in [2.75, 3.05) is 0 Å².